The molecule has 1 aliphatic carbocycles. The summed E-state index contributed by atoms with van der Waals surface area (Å²) in [5, 5.41) is 15.4. The van der Waals surface area contributed by atoms with Gasteiger partial charge in [0.05, 0.1) is 11.5 Å². The normalized spacial score (nSPS) is 25.4. The highest BCUT2D eigenvalue weighted by Gasteiger charge is 2.63. The molecule has 5 rings (SSSR count). The number of nitrogens with zero attached hydrogens (tertiary/aromatic N) is 2. The van der Waals surface area contributed by atoms with Gasteiger partial charge < -0.3 is 15.5 Å². The van der Waals surface area contributed by atoms with E-state index in [9.17, 15) is 19.6 Å². The Morgan fingerprint density at radius 2 is 1.80 bits per heavy atom. The van der Waals surface area contributed by atoms with Gasteiger partial charge in [0.15, 0.2) is 0 Å². The molecule has 0 radical (unpaired) electrons. The van der Waals surface area contributed by atoms with E-state index in [1.807, 2.05) is 42.5 Å². The lowest BCUT2D eigenvalue weighted by molar-refractivity contribution is -0.142. The summed E-state index contributed by atoms with van der Waals surface area (Å²) in [7, 11) is 0. The van der Waals surface area contributed by atoms with Crippen LogP contribution in [-0.2, 0) is 19.8 Å². The maximum atomic E-state index is 13.5. The number of carbonyl (C=O) groups is 3. The smallest absolute Gasteiger partial charge is 0.240 e. The largest absolute Gasteiger partial charge is 0.325 e. The van der Waals surface area contributed by atoms with Crippen LogP contribution in [0.5, 0.6) is 0 Å². The van der Waals surface area contributed by atoms with E-state index in [1.54, 1.807) is 12.1 Å². The van der Waals surface area contributed by atoms with Crippen LogP contribution in [0.2, 0.25) is 0 Å². The number of carbonyl (C=O) groups excluding carboxylic acids is 3. The second-order valence-electron chi connectivity index (χ2n) is 8.27. The molecule has 0 unspecified atom stereocenters. The van der Waals surface area contributed by atoms with Crippen molar-refractivity contribution >= 4 is 29.1 Å². The van der Waals surface area contributed by atoms with Gasteiger partial charge in [-0.2, -0.15) is 5.26 Å². The summed E-state index contributed by atoms with van der Waals surface area (Å²) < 4.78 is 0. The first-order valence-electron chi connectivity index (χ1n) is 9.98. The average molecular weight is 400 g/mol. The Balaban J connectivity index is 1.43. The zero-order chi connectivity index (χ0) is 20.9. The van der Waals surface area contributed by atoms with Gasteiger partial charge in [-0.1, -0.05) is 36.4 Å². The van der Waals surface area contributed by atoms with Crippen LogP contribution in [0, 0.1) is 16.7 Å². The van der Waals surface area contributed by atoms with E-state index in [4.69, 9.17) is 0 Å². The van der Waals surface area contributed by atoms with Gasteiger partial charge in [-0.3, -0.25) is 14.4 Å². The minimum atomic E-state index is -1.16. The molecule has 3 aliphatic rings. The molecule has 2 heterocycles. The monoisotopic (exact) mass is 400 g/mol. The van der Waals surface area contributed by atoms with Crippen LogP contribution >= 0.6 is 0 Å². The van der Waals surface area contributed by atoms with Crippen LogP contribution in [0.4, 0.5) is 11.4 Å². The third kappa shape index (κ3) is 2.53. The summed E-state index contributed by atoms with van der Waals surface area (Å²) in [4.78, 5) is 40.7. The van der Waals surface area contributed by atoms with Gasteiger partial charge in [-0.15, -0.1) is 0 Å². The molecular weight excluding hydrogens is 380 g/mol. The summed E-state index contributed by atoms with van der Waals surface area (Å²) >= 11 is 0. The maximum Gasteiger partial charge on any atom is 0.240 e. The number of rotatable bonds is 3. The Morgan fingerprint density at radius 3 is 2.50 bits per heavy atom. The van der Waals surface area contributed by atoms with Crippen LogP contribution in [0.25, 0.3) is 0 Å². The van der Waals surface area contributed by atoms with Crippen molar-refractivity contribution in [3.8, 4) is 6.07 Å². The average Bonchev–Trinajstić information content (AvgIpc) is 3.42. The summed E-state index contributed by atoms with van der Waals surface area (Å²) in [6.45, 7) is 0.104. The lowest BCUT2D eigenvalue weighted by Crippen LogP contribution is -2.46. The first-order valence-corrected chi connectivity index (χ1v) is 9.98. The molecule has 2 aromatic rings. The predicted molar refractivity (Wildman–Crippen MR) is 109 cm³/mol. The minimum absolute atomic E-state index is 0.104. The van der Waals surface area contributed by atoms with Crippen molar-refractivity contribution in [1.29, 1.82) is 5.26 Å². The number of hydrogen-bond donors (Lipinski definition) is 2. The highest BCUT2D eigenvalue weighted by atomic mass is 16.2. The zero-order valence-corrected chi connectivity index (χ0v) is 16.2. The van der Waals surface area contributed by atoms with Crippen LogP contribution in [0.15, 0.2) is 54.6 Å². The van der Waals surface area contributed by atoms with Gasteiger partial charge in [0.2, 0.25) is 17.7 Å². The Labute approximate surface area is 173 Å². The molecule has 7 heteroatoms. The van der Waals surface area contributed by atoms with Gasteiger partial charge in [-0.25, -0.2) is 0 Å². The minimum Gasteiger partial charge on any atom is -0.325 e. The van der Waals surface area contributed by atoms with Crippen LogP contribution in [-0.4, -0.2) is 35.2 Å². The van der Waals surface area contributed by atoms with Gasteiger partial charge in [0.25, 0.3) is 0 Å². The molecule has 2 fully saturated rings. The predicted octanol–water partition coefficient (Wildman–Crippen LogP) is 2.42. The van der Waals surface area contributed by atoms with Gasteiger partial charge in [-0.05, 0) is 36.6 Å². The first kappa shape index (κ1) is 18.4. The van der Waals surface area contributed by atoms with Crippen molar-refractivity contribution in [1.82, 2.24) is 4.90 Å². The molecule has 1 saturated carbocycles. The van der Waals surface area contributed by atoms with E-state index in [-0.39, 0.29) is 30.7 Å². The van der Waals surface area contributed by atoms with Crippen molar-refractivity contribution in [3.63, 3.8) is 0 Å². The van der Waals surface area contributed by atoms with E-state index >= 15 is 0 Å². The first-order chi connectivity index (χ1) is 14.5. The number of benzene rings is 2. The van der Waals surface area contributed by atoms with E-state index in [1.165, 1.54) is 4.90 Å². The third-order valence-corrected chi connectivity index (χ3v) is 6.52. The van der Waals surface area contributed by atoms with Crippen LogP contribution in [0.1, 0.15) is 24.8 Å². The number of nitriles is 1. The number of amides is 3. The highest BCUT2D eigenvalue weighted by molar-refractivity contribution is 6.14. The van der Waals surface area contributed by atoms with Crippen molar-refractivity contribution in [3.05, 3.63) is 60.2 Å². The fraction of sp³-hybridized carbons (Fsp3) is 0.304. The molecular formula is C23H20N4O3. The van der Waals surface area contributed by atoms with E-state index in [0.717, 1.165) is 11.3 Å². The summed E-state index contributed by atoms with van der Waals surface area (Å²) in [5.41, 5.74) is 0.0462. The number of para-hydroxylation sites is 2. The standard InChI is InChI=1S/C23H20N4O3/c24-13-16-12-23(17-8-4-5-9-18(17)26-20(23)29)14-27(16)21(30)22(10-11-22)19(28)25-15-6-2-1-3-7-15/h1-9,16H,10-12,14H2,(H,25,28)(H,26,29)/t16-,23-/m0/s1. The molecule has 0 bridgehead atoms. The molecule has 7 nitrogen and oxygen atoms in total. The van der Waals surface area contributed by atoms with Gasteiger partial charge in [0.1, 0.15) is 11.5 Å². The fourth-order valence-corrected chi connectivity index (χ4v) is 4.68. The molecule has 3 amide bonds. The van der Waals surface area contributed by atoms with E-state index in [2.05, 4.69) is 16.7 Å². The summed E-state index contributed by atoms with van der Waals surface area (Å²) in [6.07, 6.45) is 1.11. The zero-order valence-electron chi connectivity index (χ0n) is 16.2. The van der Waals surface area contributed by atoms with Crippen molar-refractivity contribution in [2.45, 2.75) is 30.7 Å². The molecule has 1 saturated heterocycles. The van der Waals surface area contributed by atoms with Crippen molar-refractivity contribution in [2.24, 2.45) is 5.41 Å². The molecule has 2 aliphatic heterocycles. The molecule has 30 heavy (non-hydrogen) atoms. The Morgan fingerprint density at radius 1 is 1.10 bits per heavy atom. The molecule has 2 N–H and O–H groups in total. The Hall–Kier alpha value is -3.66. The number of hydrogen-bond acceptors (Lipinski definition) is 4. The lowest BCUT2D eigenvalue weighted by atomic mass is 9.80. The van der Waals surface area contributed by atoms with Crippen LogP contribution in [0.3, 0.4) is 0 Å². The fourth-order valence-electron chi connectivity index (χ4n) is 4.68. The quantitative estimate of drug-likeness (QED) is 0.773. The van der Waals surface area contributed by atoms with E-state index < -0.39 is 16.9 Å². The molecule has 150 valence electrons. The Bertz CT molecular complexity index is 1100. The van der Waals surface area contributed by atoms with Gasteiger partial charge in [0, 0.05) is 24.3 Å². The number of anilines is 2. The SMILES string of the molecule is N#C[C@@H]1C[C@@]2(CN1C(=O)C1(C(=O)Nc3ccccc3)CC1)C(=O)Nc1ccccc12. The number of fused-ring (bicyclic) bond motifs is 2. The lowest BCUT2D eigenvalue weighted by Gasteiger charge is -2.26. The highest BCUT2D eigenvalue weighted by Crippen LogP contribution is 2.52. The number of nitrogens with one attached hydrogen (secondary N) is 2. The topological polar surface area (TPSA) is 102 Å². The Kier molecular flexibility index (Phi) is 3.93. The summed E-state index contributed by atoms with van der Waals surface area (Å²) in [6, 6.07) is 17.8. The molecule has 2 atom stereocenters. The van der Waals surface area contributed by atoms with E-state index in [0.29, 0.717) is 18.5 Å². The second kappa shape index (κ2) is 6.42. The van der Waals surface area contributed by atoms with Crippen molar-refractivity contribution in [2.75, 3.05) is 17.2 Å². The molecule has 0 aromatic heterocycles. The van der Waals surface area contributed by atoms with Gasteiger partial charge >= 0.3 is 0 Å². The third-order valence-electron chi connectivity index (χ3n) is 6.52. The number of likely N-dealkylation sites (tertiary alicyclic amines) is 1. The van der Waals surface area contributed by atoms with Crippen LogP contribution < -0.4 is 10.6 Å². The maximum absolute atomic E-state index is 13.5. The van der Waals surface area contributed by atoms with Crippen molar-refractivity contribution < 1.29 is 14.4 Å². The molecule has 2 aromatic carbocycles. The second-order valence-corrected chi connectivity index (χ2v) is 8.27. The molecule has 1 spiro atoms. The summed E-state index contributed by atoms with van der Waals surface area (Å²) in [5.74, 6) is -0.915.